The Morgan fingerprint density at radius 2 is 1.95 bits per heavy atom. The molecule has 108 valence electrons. The van der Waals surface area contributed by atoms with Crippen LogP contribution >= 0.6 is 11.6 Å². The molecule has 1 heterocycles. The van der Waals surface area contributed by atoms with Crippen molar-refractivity contribution < 1.29 is 4.90 Å². The van der Waals surface area contributed by atoms with Gasteiger partial charge >= 0.3 is 0 Å². The van der Waals surface area contributed by atoms with E-state index in [1.54, 1.807) is 4.90 Å². The number of anilines is 1. The largest absolute Gasteiger partial charge is 0.359 e. The summed E-state index contributed by atoms with van der Waals surface area (Å²) in [5, 5.41) is 0.883. The van der Waals surface area contributed by atoms with Crippen LogP contribution in [-0.2, 0) is 0 Å². The first kappa shape index (κ1) is 14.0. The minimum absolute atomic E-state index is 0.883. The van der Waals surface area contributed by atoms with E-state index < -0.39 is 0 Å². The van der Waals surface area contributed by atoms with Crippen molar-refractivity contribution in [2.24, 2.45) is 5.92 Å². The SMILES string of the molecule is Clc1ccccc1N1CC[NH+](C[C@@H]2CC=CCC2)CC1. The quantitative estimate of drug-likeness (QED) is 0.841. The van der Waals surface area contributed by atoms with Gasteiger partial charge < -0.3 is 9.80 Å². The lowest BCUT2D eigenvalue weighted by Gasteiger charge is -2.35. The first-order chi connectivity index (χ1) is 9.83. The molecule has 1 saturated heterocycles. The summed E-state index contributed by atoms with van der Waals surface area (Å²) < 4.78 is 0. The summed E-state index contributed by atoms with van der Waals surface area (Å²) >= 11 is 6.29. The summed E-state index contributed by atoms with van der Waals surface area (Å²) in [6.07, 6.45) is 8.66. The highest BCUT2D eigenvalue weighted by Gasteiger charge is 2.24. The van der Waals surface area contributed by atoms with Crippen molar-refractivity contribution in [3.8, 4) is 0 Å². The summed E-state index contributed by atoms with van der Waals surface area (Å²) in [5.74, 6) is 0.905. The zero-order chi connectivity index (χ0) is 13.8. The van der Waals surface area contributed by atoms with Crippen LogP contribution in [0.15, 0.2) is 36.4 Å². The minimum Gasteiger partial charge on any atom is -0.359 e. The molecule has 1 aliphatic carbocycles. The summed E-state index contributed by atoms with van der Waals surface area (Å²) in [6.45, 7) is 6.08. The number of para-hydroxylation sites is 1. The average molecular weight is 292 g/mol. The molecular weight excluding hydrogens is 268 g/mol. The maximum absolute atomic E-state index is 6.29. The van der Waals surface area contributed by atoms with Crippen molar-refractivity contribution in [1.82, 2.24) is 0 Å². The second-order valence-electron chi connectivity index (χ2n) is 6.04. The highest BCUT2D eigenvalue weighted by Crippen LogP contribution is 2.25. The van der Waals surface area contributed by atoms with E-state index in [0.717, 1.165) is 24.0 Å². The second kappa shape index (κ2) is 6.64. The Bertz CT molecular complexity index is 464. The average Bonchev–Trinajstić information content (AvgIpc) is 2.50. The number of piperazine rings is 1. The van der Waals surface area contributed by atoms with Gasteiger partial charge in [0.05, 0.1) is 43.4 Å². The monoisotopic (exact) mass is 291 g/mol. The lowest BCUT2D eigenvalue weighted by Crippen LogP contribution is -3.15. The summed E-state index contributed by atoms with van der Waals surface area (Å²) in [4.78, 5) is 4.21. The fourth-order valence-electron chi connectivity index (χ4n) is 3.43. The van der Waals surface area contributed by atoms with E-state index in [0.29, 0.717) is 0 Å². The van der Waals surface area contributed by atoms with Gasteiger partial charge in [-0.3, -0.25) is 0 Å². The fraction of sp³-hybridized carbons (Fsp3) is 0.529. The fourth-order valence-corrected chi connectivity index (χ4v) is 3.68. The molecule has 1 N–H and O–H groups in total. The van der Waals surface area contributed by atoms with Gasteiger partial charge in [-0.25, -0.2) is 0 Å². The molecule has 0 bridgehead atoms. The lowest BCUT2D eigenvalue weighted by atomic mass is 9.94. The molecule has 3 rings (SSSR count). The Morgan fingerprint density at radius 3 is 2.65 bits per heavy atom. The smallest absolute Gasteiger partial charge is 0.0949 e. The molecule has 1 aromatic carbocycles. The molecule has 0 spiro atoms. The Balaban J connectivity index is 1.52. The molecule has 1 atom stereocenters. The maximum atomic E-state index is 6.29. The number of halogens is 1. The van der Waals surface area contributed by atoms with Crippen LogP contribution < -0.4 is 9.80 Å². The molecule has 3 heteroatoms. The third kappa shape index (κ3) is 3.36. The summed E-state index contributed by atoms with van der Waals surface area (Å²) in [7, 11) is 0. The van der Waals surface area contributed by atoms with E-state index in [1.165, 1.54) is 44.6 Å². The van der Waals surface area contributed by atoms with Gasteiger partial charge in [-0.15, -0.1) is 0 Å². The first-order valence-electron chi connectivity index (χ1n) is 7.81. The van der Waals surface area contributed by atoms with Crippen LogP contribution in [0.2, 0.25) is 5.02 Å². The molecule has 0 unspecified atom stereocenters. The maximum Gasteiger partial charge on any atom is 0.0949 e. The number of nitrogens with zero attached hydrogens (tertiary/aromatic N) is 1. The van der Waals surface area contributed by atoms with Gasteiger partial charge in [-0.05, 0) is 31.4 Å². The zero-order valence-corrected chi connectivity index (χ0v) is 12.8. The number of nitrogens with one attached hydrogen (secondary N) is 1. The Morgan fingerprint density at radius 1 is 1.15 bits per heavy atom. The number of hydrogen-bond donors (Lipinski definition) is 1. The topological polar surface area (TPSA) is 7.68 Å². The summed E-state index contributed by atoms with van der Waals surface area (Å²) in [5.41, 5.74) is 1.20. The standard InChI is InChI=1S/C17H23ClN2/c18-16-8-4-5-9-17(16)20-12-10-19(11-13-20)14-15-6-2-1-3-7-15/h1-2,4-5,8-9,15H,3,6-7,10-14H2/p+1/t15-/m1/s1. The predicted molar refractivity (Wildman–Crippen MR) is 85.7 cm³/mol. The van der Waals surface area contributed by atoms with Gasteiger partial charge in [0, 0.05) is 5.92 Å². The predicted octanol–water partition coefficient (Wildman–Crippen LogP) is 2.40. The van der Waals surface area contributed by atoms with Crippen molar-refractivity contribution in [2.45, 2.75) is 19.3 Å². The van der Waals surface area contributed by atoms with Gasteiger partial charge in [0.1, 0.15) is 0 Å². The minimum atomic E-state index is 0.883. The van der Waals surface area contributed by atoms with E-state index in [9.17, 15) is 0 Å². The van der Waals surface area contributed by atoms with Gasteiger partial charge in [0.15, 0.2) is 0 Å². The molecule has 1 fully saturated rings. The van der Waals surface area contributed by atoms with Crippen LogP contribution in [-0.4, -0.2) is 32.7 Å². The lowest BCUT2D eigenvalue weighted by molar-refractivity contribution is -0.904. The van der Waals surface area contributed by atoms with Crippen molar-refractivity contribution in [3.05, 3.63) is 41.4 Å². The molecule has 0 saturated carbocycles. The molecule has 0 aromatic heterocycles. The normalized spacial score (nSPS) is 24.1. The van der Waals surface area contributed by atoms with E-state index in [-0.39, 0.29) is 0 Å². The highest BCUT2D eigenvalue weighted by atomic mass is 35.5. The third-order valence-electron chi connectivity index (χ3n) is 4.62. The number of allylic oxidation sites excluding steroid dienone is 2. The summed E-state index contributed by atoms with van der Waals surface area (Å²) in [6, 6.07) is 8.21. The number of benzene rings is 1. The molecule has 0 amide bonds. The Hall–Kier alpha value is -0.990. The van der Waals surface area contributed by atoms with Crippen LogP contribution in [0.25, 0.3) is 0 Å². The van der Waals surface area contributed by atoms with Crippen LogP contribution in [0.5, 0.6) is 0 Å². The van der Waals surface area contributed by atoms with Gasteiger partial charge in [0.25, 0.3) is 0 Å². The van der Waals surface area contributed by atoms with Gasteiger partial charge in [0.2, 0.25) is 0 Å². The number of rotatable bonds is 3. The van der Waals surface area contributed by atoms with Crippen LogP contribution in [0.4, 0.5) is 5.69 Å². The number of hydrogen-bond acceptors (Lipinski definition) is 1. The molecule has 2 aliphatic rings. The highest BCUT2D eigenvalue weighted by molar-refractivity contribution is 6.33. The molecule has 0 radical (unpaired) electrons. The van der Waals surface area contributed by atoms with Crippen molar-refractivity contribution in [3.63, 3.8) is 0 Å². The Kier molecular flexibility index (Phi) is 4.64. The molecule has 2 nitrogen and oxygen atoms in total. The second-order valence-corrected chi connectivity index (χ2v) is 6.45. The van der Waals surface area contributed by atoms with E-state index in [1.807, 2.05) is 12.1 Å². The van der Waals surface area contributed by atoms with E-state index >= 15 is 0 Å². The van der Waals surface area contributed by atoms with Crippen LogP contribution in [0.3, 0.4) is 0 Å². The van der Waals surface area contributed by atoms with Gasteiger partial charge in [-0.1, -0.05) is 35.9 Å². The third-order valence-corrected chi connectivity index (χ3v) is 4.94. The van der Waals surface area contributed by atoms with Crippen molar-refractivity contribution >= 4 is 17.3 Å². The van der Waals surface area contributed by atoms with Crippen molar-refractivity contribution in [2.75, 3.05) is 37.6 Å². The molecule has 1 aromatic rings. The Labute approximate surface area is 127 Å². The van der Waals surface area contributed by atoms with E-state index in [4.69, 9.17) is 11.6 Å². The van der Waals surface area contributed by atoms with Gasteiger partial charge in [-0.2, -0.15) is 0 Å². The molecule has 1 aliphatic heterocycles. The zero-order valence-electron chi connectivity index (χ0n) is 12.0. The van der Waals surface area contributed by atoms with Crippen molar-refractivity contribution in [1.29, 1.82) is 0 Å². The first-order valence-corrected chi connectivity index (χ1v) is 8.19. The van der Waals surface area contributed by atoms with Crippen LogP contribution in [0.1, 0.15) is 19.3 Å². The number of quaternary nitrogens is 1. The molecule has 20 heavy (non-hydrogen) atoms. The van der Waals surface area contributed by atoms with Crippen LogP contribution in [0, 0.1) is 5.92 Å². The molecular formula is C17H24ClN2+. The van der Waals surface area contributed by atoms with E-state index in [2.05, 4.69) is 29.2 Å².